The lowest BCUT2D eigenvalue weighted by Gasteiger charge is -2.21. The smallest absolute Gasteiger partial charge is 0.251 e. The molecule has 0 unspecified atom stereocenters. The summed E-state index contributed by atoms with van der Waals surface area (Å²) >= 11 is 0. The molecule has 110 valence electrons. The lowest BCUT2D eigenvalue weighted by atomic mass is 9.96. The van der Waals surface area contributed by atoms with Gasteiger partial charge in [0, 0.05) is 11.6 Å². The maximum absolute atomic E-state index is 13.6. The zero-order valence-electron chi connectivity index (χ0n) is 12.0. The van der Waals surface area contributed by atoms with Gasteiger partial charge < -0.3 is 10.1 Å². The summed E-state index contributed by atoms with van der Waals surface area (Å²) in [7, 11) is 1.41. The molecule has 0 atom stereocenters. The number of rotatable bonds is 3. The van der Waals surface area contributed by atoms with E-state index in [1.54, 1.807) is 6.07 Å². The molecule has 3 nitrogen and oxygen atoms in total. The Kier molecular flexibility index (Phi) is 5.39. The summed E-state index contributed by atoms with van der Waals surface area (Å²) in [6.45, 7) is 0. The summed E-state index contributed by atoms with van der Waals surface area (Å²) < 4.78 is 18.5. The van der Waals surface area contributed by atoms with Crippen LogP contribution in [0.5, 0.6) is 5.75 Å². The second-order valence-corrected chi connectivity index (χ2v) is 5.36. The van der Waals surface area contributed by atoms with Crippen molar-refractivity contribution in [3.63, 3.8) is 0 Å². The molecule has 4 heteroatoms. The van der Waals surface area contributed by atoms with Gasteiger partial charge in [-0.25, -0.2) is 4.39 Å². The number of amides is 1. The van der Waals surface area contributed by atoms with E-state index >= 15 is 0 Å². The lowest BCUT2D eigenvalue weighted by Crippen LogP contribution is -2.35. The summed E-state index contributed by atoms with van der Waals surface area (Å²) in [6, 6.07) is 4.53. The van der Waals surface area contributed by atoms with Gasteiger partial charge in [0.2, 0.25) is 0 Å². The van der Waals surface area contributed by atoms with Crippen LogP contribution in [0.2, 0.25) is 0 Å². The van der Waals surface area contributed by atoms with Crippen LogP contribution >= 0.6 is 0 Å². The fourth-order valence-electron chi connectivity index (χ4n) is 2.68. The Morgan fingerprint density at radius 3 is 2.45 bits per heavy atom. The van der Waals surface area contributed by atoms with Gasteiger partial charge in [-0.05, 0) is 31.0 Å². The van der Waals surface area contributed by atoms with Crippen molar-refractivity contribution < 1.29 is 13.9 Å². The standard InChI is InChI=1S/C16H22FNO2/c1-20-15-10-9-12(11-14(15)17)16(19)18-13-7-5-3-2-4-6-8-13/h9-11,13H,2-8H2,1H3,(H,18,19). The van der Waals surface area contributed by atoms with Crippen LogP contribution < -0.4 is 10.1 Å². The number of carbonyl (C=O) groups is 1. The van der Waals surface area contributed by atoms with Crippen LogP contribution in [-0.4, -0.2) is 19.1 Å². The monoisotopic (exact) mass is 279 g/mol. The van der Waals surface area contributed by atoms with Crippen LogP contribution in [0.1, 0.15) is 55.3 Å². The number of carbonyl (C=O) groups excluding carboxylic acids is 1. The number of halogens is 1. The molecule has 1 fully saturated rings. The van der Waals surface area contributed by atoms with E-state index in [0.29, 0.717) is 5.56 Å². The molecule has 0 spiro atoms. The second-order valence-electron chi connectivity index (χ2n) is 5.36. The molecule has 0 aromatic heterocycles. The zero-order valence-corrected chi connectivity index (χ0v) is 12.0. The van der Waals surface area contributed by atoms with Crippen molar-refractivity contribution in [2.24, 2.45) is 0 Å². The van der Waals surface area contributed by atoms with Gasteiger partial charge in [-0.2, -0.15) is 0 Å². The molecule has 1 aliphatic carbocycles. The number of hydrogen-bond acceptors (Lipinski definition) is 2. The Balaban J connectivity index is 1.98. The summed E-state index contributed by atoms with van der Waals surface area (Å²) in [5.41, 5.74) is 0.352. The molecule has 1 aliphatic rings. The van der Waals surface area contributed by atoms with Crippen LogP contribution in [-0.2, 0) is 0 Å². The average molecular weight is 279 g/mol. The molecule has 1 saturated carbocycles. The molecule has 0 heterocycles. The maximum atomic E-state index is 13.6. The van der Waals surface area contributed by atoms with Crippen LogP contribution in [0.25, 0.3) is 0 Å². The van der Waals surface area contributed by atoms with E-state index in [9.17, 15) is 9.18 Å². The number of methoxy groups -OCH3 is 1. The van der Waals surface area contributed by atoms with Crippen molar-refractivity contribution >= 4 is 5.91 Å². The van der Waals surface area contributed by atoms with Crippen molar-refractivity contribution in [2.75, 3.05) is 7.11 Å². The van der Waals surface area contributed by atoms with E-state index in [0.717, 1.165) is 25.7 Å². The first-order valence-electron chi connectivity index (χ1n) is 7.35. The van der Waals surface area contributed by atoms with E-state index in [2.05, 4.69) is 5.32 Å². The third kappa shape index (κ3) is 3.95. The Bertz CT molecular complexity index is 454. The first-order chi connectivity index (χ1) is 9.70. The van der Waals surface area contributed by atoms with Crippen LogP contribution in [0.4, 0.5) is 4.39 Å². The van der Waals surface area contributed by atoms with E-state index in [1.807, 2.05) is 0 Å². The SMILES string of the molecule is COc1ccc(C(=O)NC2CCCCCCC2)cc1F. The van der Waals surface area contributed by atoms with Gasteiger partial charge in [0.05, 0.1) is 7.11 Å². The summed E-state index contributed by atoms with van der Waals surface area (Å²) in [4.78, 5) is 12.1. The number of hydrogen-bond donors (Lipinski definition) is 1. The molecule has 0 bridgehead atoms. The van der Waals surface area contributed by atoms with E-state index in [-0.39, 0.29) is 17.7 Å². The Morgan fingerprint density at radius 1 is 1.20 bits per heavy atom. The number of benzene rings is 1. The van der Waals surface area contributed by atoms with Crippen molar-refractivity contribution in [3.05, 3.63) is 29.6 Å². The van der Waals surface area contributed by atoms with E-state index in [1.165, 1.54) is 38.5 Å². The fourth-order valence-corrected chi connectivity index (χ4v) is 2.68. The third-order valence-electron chi connectivity index (χ3n) is 3.85. The topological polar surface area (TPSA) is 38.3 Å². The molecular weight excluding hydrogens is 257 g/mol. The van der Waals surface area contributed by atoms with E-state index in [4.69, 9.17) is 4.74 Å². The molecule has 0 radical (unpaired) electrons. The quantitative estimate of drug-likeness (QED) is 0.916. The van der Waals surface area contributed by atoms with Crippen molar-refractivity contribution in [1.82, 2.24) is 5.32 Å². The molecule has 1 aromatic carbocycles. The predicted octanol–water partition coefficient (Wildman–Crippen LogP) is 3.68. The highest BCUT2D eigenvalue weighted by atomic mass is 19.1. The van der Waals surface area contributed by atoms with Crippen LogP contribution in [0, 0.1) is 5.82 Å². The summed E-state index contributed by atoms with van der Waals surface area (Å²) in [5, 5.41) is 3.02. The number of nitrogens with one attached hydrogen (secondary N) is 1. The van der Waals surface area contributed by atoms with Crippen LogP contribution in [0.3, 0.4) is 0 Å². The van der Waals surface area contributed by atoms with Gasteiger partial charge in [0.1, 0.15) is 0 Å². The largest absolute Gasteiger partial charge is 0.494 e. The Labute approximate surface area is 119 Å². The van der Waals surface area contributed by atoms with Gasteiger partial charge in [0.15, 0.2) is 11.6 Å². The molecule has 1 amide bonds. The fraction of sp³-hybridized carbons (Fsp3) is 0.562. The van der Waals surface area contributed by atoms with Crippen molar-refractivity contribution in [1.29, 1.82) is 0 Å². The minimum absolute atomic E-state index is 0.160. The predicted molar refractivity (Wildman–Crippen MR) is 76.5 cm³/mol. The number of ether oxygens (including phenoxy) is 1. The second kappa shape index (κ2) is 7.27. The van der Waals surface area contributed by atoms with Gasteiger partial charge in [-0.3, -0.25) is 4.79 Å². The summed E-state index contributed by atoms with van der Waals surface area (Å²) in [6.07, 6.45) is 8.12. The minimum atomic E-state index is -0.502. The van der Waals surface area contributed by atoms with Crippen molar-refractivity contribution in [3.8, 4) is 5.75 Å². The molecule has 1 N–H and O–H groups in total. The highest BCUT2D eigenvalue weighted by Gasteiger charge is 2.16. The van der Waals surface area contributed by atoms with Gasteiger partial charge in [-0.1, -0.05) is 32.1 Å². The molecule has 1 aromatic rings. The van der Waals surface area contributed by atoms with Gasteiger partial charge in [0.25, 0.3) is 5.91 Å². The average Bonchev–Trinajstić information content (AvgIpc) is 2.41. The third-order valence-corrected chi connectivity index (χ3v) is 3.85. The molecule has 2 rings (SSSR count). The Morgan fingerprint density at radius 2 is 1.85 bits per heavy atom. The first-order valence-corrected chi connectivity index (χ1v) is 7.35. The molecule has 0 saturated heterocycles. The first kappa shape index (κ1) is 14.8. The molecular formula is C16H22FNO2. The molecule has 20 heavy (non-hydrogen) atoms. The maximum Gasteiger partial charge on any atom is 0.251 e. The van der Waals surface area contributed by atoms with E-state index < -0.39 is 5.82 Å². The highest BCUT2D eigenvalue weighted by molar-refractivity contribution is 5.94. The lowest BCUT2D eigenvalue weighted by molar-refractivity contribution is 0.0930. The molecule has 0 aliphatic heterocycles. The highest BCUT2D eigenvalue weighted by Crippen LogP contribution is 2.20. The zero-order chi connectivity index (χ0) is 14.4. The summed E-state index contributed by atoms with van der Waals surface area (Å²) in [5.74, 6) is -0.539. The normalized spacial score (nSPS) is 17.1. The van der Waals surface area contributed by atoms with Crippen molar-refractivity contribution in [2.45, 2.75) is 51.0 Å². The van der Waals surface area contributed by atoms with Gasteiger partial charge >= 0.3 is 0 Å². The Hall–Kier alpha value is -1.58. The minimum Gasteiger partial charge on any atom is -0.494 e. The van der Waals surface area contributed by atoms with Gasteiger partial charge in [-0.15, -0.1) is 0 Å². The van der Waals surface area contributed by atoms with Crippen LogP contribution in [0.15, 0.2) is 18.2 Å².